The Morgan fingerprint density at radius 1 is 1.10 bits per heavy atom. The Kier molecular flexibility index (Phi) is 6.80. The van der Waals surface area contributed by atoms with Gasteiger partial charge in [0.2, 0.25) is 5.91 Å². The van der Waals surface area contributed by atoms with Crippen molar-refractivity contribution in [3.8, 4) is 11.4 Å². The van der Waals surface area contributed by atoms with Crippen LogP contribution in [-0.2, 0) is 4.79 Å². The minimum atomic E-state index is -0.489. The third-order valence-electron chi connectivity index (χ3n) is 4.62. The summed E-state index contributed by atoms with van der Waals surface area (Å²) in [4.78, 5) is 25.1. The van der Waals surface area contributed by atoms with Crippen molar-refractivity contribution in [1.82, 2.24) is 14.8 Å². The summed E-state index contributed by atoms with van der Waals surface area (Å²) in [6, 6.07) is 14.5. The van der Waals surface area contributed by atoms with Gasteiger partial charge in [0.15, 0.2) is 10.9 Å². The number of hydrogen-bond acceptors (Lipinski definition) is 6. The second kappa shape index (κ2) is 9.34. The lowest BCUT2D eigenvalue weighted by atomic mass is 9.95. The fourth-order valence-corrected chi connectivity index (χ4v) is 3.69. The molecule has 1 amide bonds. The van der Waals surface area contributed by atoms with Gasteiger partial charge < -0.3 is 10.1 Å². The minimum absolute atomic E-state index is 0.0340. The highest BCUT2D eigenvalue weighted by molar-refractivity contribution is 8.00. The standard InChI is InChI=1S/C23H26N4O3S/c1-15(20(28)16-10-12-17(13-11-16)25-21(29)23(2,3)4)31-22-26-24-14-27(22)18-8-6-7-9-19(18)30-5/h6-15H,1-5H3,(H,25,29). The van der Waals surface area contributed by atoms with Crippen molar-refractivity contribution in [2.24, 2.45) is 5.41 Å². The molecule has 0 saturated heterocycles. The van der Waals surface area contributed by atoms with Crippen molar-refractivity contribution in [3.05, 3.63) is 60.4 Å². The molecule has 2 aromatic carbocycles. The predicted octanol–water partition coefficient (Wildman–Crippen LogP) is 4.62. The first-order valence-corrected chi connectivity index (χ1v) is 10.7. The van der Waals surface area contributed by atoms with Crippen molar-refractivity contribution < 1.29 is 14.3 Å². The average molecular weight is 439 g/mol. The highest BCUT2D eigenvalue weighted by Gasteiger charge is 2.23. The van der Waals surface area contributed by atoms with E-state index in [9.17, 15) is 9.59 Å². The Hall–Kier alpha value is -3.13. The quantitative estimate of drug-likeness (QED) is 0.428. The van der Waals surface area contributed by atoms with Gasteiger partial charge in [0, 0.05) is 16.7 Å². The lowest BCUT2D eigenvalue weighted by molar-refractivity contribution is -0.123. The first-order chi connectivity index (χ1) is 14.7. The van der Waals surface area contributed by atoms with Crippen molar-refractivity contribution in [2.75, 3.05) is 12.4 Å². The van der Waals surface area contributed by atoms with E-state index in [1.807, 2.05) is 52.0 Å². The molecular formula is C23H26N4O3S. The third kappa shape index (κ3) is 5.32. The van der Waals surface area contributed by atoms with E-state index in [-0.39, 0.29) is 16.9 Å². The molecule has 1 aromatic heterocycles. The molecule has 8 heteroatoms. The van der Waals surface area contributed by atoms with Crippen LogP contribution in [0.4, 0.5) is 5.69 Å². The zero-order chi connectivity index (χ0) is 22.6. The largest absolute Gasteiger partial charge is 0.495 e. The molecule has 0 spiro atoms. The molecule has 31 heavy (non-hydrogen) atoms. The van der Waals surface area contributed by atoms with E-state index in [1.165, 1.54) is 11.8 Å². The summed E-state index contributed by atoms with van der Waals surface area (Å²) in [5.74, 6) is 0.579. The zero-order valence-electron chi connectivity index (χ0n) is 18.2. The number of amides is 1. The van der Waals surface area contributed by atoms with Crippen molar-refractivity contribution in [3.63, 3.8) is 0 Å². The smallest absolute Gasteiger partial charge is 0.229 e. The van der Waals surface area contributed by atoms with Crippen LogP contribution in [0.1, 0.15) is 38.1 Å². The topological polar surface area (TPSA) is 86.1 Å². The third-order valence-corrected chi connectivity index (χ3v) is 5.68. The molecule has 1 N–H and O–H groups in total. The molecule has 7 nitrogen and oxygen atoms in total. The van der Waals surface area contributed by atoms with E-state index < -0.39 is 5.41 Å². The number of ketones is 1. The molecule has 0 saturated carbocycles. The molecular weight excluding hydrogens is 412 g/mol. The van der Waals surface area contributed by atoms with Crippen LogP contribution in [0.15, 0.2) is 60.0 Å². The summed E-state index contributed by atoms with van der Waals surface area (Å²) in [6.07, 6.45) is 1.60. The van der Waals surface area contributed by atoms with Crippen LogP contribution >= 0.6 is 11.8 Å². The number of rotatable bonds is 7. The normalized spacial score (nSPS) is 12.3. The Bertz CT molecular complexity index is 1070. The van der Waals surface area contributed by atoms with Gasteiger partial charge in [0.05, 0.1) is 18.0 Å². The van der Waals surface area contributed by atoms with E-state index in [2.05, 4.69) is 15.5 Å². The Balaban J connectivity index is 1.72. The number of aromatic nitrogens is 3. The fourth-order valence-electron chi connectivity index (χ4n) is 2.78. The summed E-state index contributed by atoms with van der Waals surface area (Å²) in [6.45, 7) is 7.39. The van der Waals surface area contributed by atoms with Crippen LogP contribution < -0.4 is 10.1 Å². The first-order valence-electron chi connectivity index (χ1n) is 9.86. The minimum Gasteiger partial charge on any atom is -0.495 e. The molecule has 1 unspecified atom stereocenters. The second-order valence-electron chi connectivity index (χ2n) is 8.06. The van der Waals surface area contributed by atoms with Crippen molar-refractivity contribution in [2.45, 2.75) is 38.1 Å². The van der Waals surface area contributed by atoms with Crippen LogP contribution in [0.25, 0.3) is 5.69 Å². The fraction of sp³-hybridized carbons (Fsp3) is 0.304. The summed E-state index contributed by atoms with van der Waals surface area (Å²) in [5, 5.41) is 11.3. The monoisotopic (exact) mass is 438 g/mol. The molecule has 1 heterocycles. The Labute approximate surface area is 186 Å². The number of thioether (sulfide) groups is 1. The van der Waals surface area contributed by atoms with Gasteiger partial charge >= 0.3 is 0 Å². The van der Waals surface area contributed by atoms with E-state index in [0.717, 1.165) is 5.69 Å². The number of ether oxygens (including phenoxy) is 1. The number of benzene rings is 2. The lowest BCUT2D eigenvalue weighted by Gasteiger charge is -2.18. The summed E-state index contributed by atoms with van der Waals surface area (Å²) >= 11 is 1.33. The highest BCUT2D eigenvalue weighted by Crippen LogP contribution is 2.30. The number of carbonyl (C=O) groups is 2. The van der Waals surface area contributed by atoms with Crippen LogP contribution in [0, 0.1) is 5.41 Å². The Morgan fingerprint density at radius 3 is 2.42 bits per heavy atom. The lowest BCUT2D eigenvalue weighted by Crippen LogP contribution is -2.27. The van der Waals surface area contributed by atoms with Gasteiger partial charge in [-0.1, -0.05) is 44.7 Å². The number of para-hydroxylation sites is 2. The van der Waals surface area contributed by atoms with E-state index in [1.54, 1.807) is 42.3 Å². The number of nitrogens with zero attached hydrogens (tertiary/aromatic N) is 3. The number of carbonyl (C=O) groups excluding carboxylic acids is 2. The molecule has 0 aliphatic heterocycles. The Morgan fingerprint density at radius 2 is 1.77 bits per heavy atom. The van der Waals surface area contributed by atoms with Crippen LogP contribution in [0.3, 0.4) is 0 Å². The maximum Gasteiger partial charge on any atom is 0.229 e. The molecule has 0 aliphatic rings. The number of nitrogens with one attached hydrogen (secondary N) is 1. The number of hydrogen-bond donors (Lipinski definition) is 1. The van der Waals surface area contributed by atoms with Gasteiger partial charge in [0.25, 0.3) is 0 Å². The molecule has 1 atom stereocenters. The van der Waals surface area contributed by atoms with Crippen molar-refractivity contribution in [1.29, 1.82) is 0 Å². The van der Waals surface area contributed by atoms with Crippen LogP contribution in [-0.4, -0.2) is 38.8 Å². The molecule has 0 fully saturated rings. The summed E-state index contributed by atoms with van der Waals surface area (Å²) < 4.78 is 7.23. The summed E-state index contributed by atoms with van der Waals surface area (Å²) in [7, 11) is 1.61. The van der Waals surface area contributed by atoms with E-state index >= 15 is 0 Å². The molecule has 0 radical (unpaired) electrons. The zero-order valence-corrected chi connectivity index (χ0v) is 19.1. The molecule has 3 rings (SSSR count). The van der Waals surface area contributed by atoms with Gasteiger partial charge in [0.1, 0.15) is 12.1 Å². The van der Waals surface area contributed by atoms with Gasteiger partial charge in [-0.25, -0.2) is 0 Å². The first kappa shape index (κ1) is 22.6. The summed E-state index contributed by atoms with van der Waals surface area (Å²) in [5.41, 5.74) is 1.54. The SMILES string of the molecule is COc1ccccc1-n1cnnc1SC(C)C(=O)c1ccc(NC(=O)C(C)(C)C)cc1. The van der Waals surface area contributed by atoms with Crippen LogP contribution in [0.2, 0.25) is 0 Å². The second-order valence-corrected chi connectivity index (χ2v) is 9.37. The highest BCUT2D eigenvalue weighted by atomic mass is 32.2. The van der Waals surface area contributed by atoms with Gasteiger partial charge in [-0.3, -0.25) is 14.2 Å². The molecule has 162 valence electrons. The van der Waals surface area contributed by atoms with E-state index in [4.69, 9.17) is 4.74 Å². The molecule has 3 aromatic rings. The maximum atomic E-state index is 12.9. The van der Waals surface area contributed by atoms with Gasteiger partial charge in [-0.15, -0.1) is 10.2 Å². The van der Waals surface area contributed by atoms with Crippen LogP contribution in [0.5, 0.6) is 5.75 Å². The predicted molar refractivity (Wildman–Crippen MR) is 122 cm³/mol. The van der Waals surface area contributed by atoms with Crippen molar-refractivity contribution >= 4 is 29.1 Å². The number of Topliss-reactive ketones (excluding diaryl/α,β-unsaturated/α-hetero) is 1. The maximum absolute atomic E-state index is 12.9. The average Bonchev–Trinajstić information content (AvgIpc) is 3.20. The molecule has 0 aliphatic carbocycles. The number of methoxy groups -OCH3 is 1. The van der Waals surface area contributed by atoms with Gasteiger partial charge in [-0.05, 0) is 43.3 Å². The van der Waals surface area contributed by atoms with E-state index in [0.29, 0.717) is 22.2 Å². The van der Waals surface area contributed by atoms with Gasteiger partial charge in [-0.2, -0.15) is 0 Å². The molecule has 0 bridgehead atoms. The number of anilines is 1.